The Morgan fingerprint density at radius 1 is 1.00 bits per heavy atom. The van der Waals surface area contributed by atoms with Crippen LogP contribution in [0.25, 0.3) is 11.0 Å². The first-order chi connectivity index (χ1) is 13.6. The second kappa shape index (κ2) is 8.62. The number of amides is 1. The Morgan fingerprint density at radius 3 is 2.45 bits per heavy atom. The van der Waals surface area contributed by atoms with Crippen LogP contribution in [0.3, 0.4) is 0 Å². The molecule has 29 heavy (non-hydrogen) atoms. The Hall–Kier alpha value is -3.58. The molecule has 0 atom stereocenters. The van der Waals surface area contributed by atoms with E-state index in [0.29, 0.717) is 23.3 Å². The molecule has 8 heteroatoms. The first kappa shape index (κ1) is 20.2. The first-order valence-electron chi connectivity index (χ1n) is 8.56. The summed E-state index contributed by atoms with van der Waals surface area (Å²) in [6.45, 7) is 0.396. The molecule has 0 bridgehead atoms. The molecule has 0 aliphatic heterocycles. The monoisotopic (exact) mass is 410 g/mol. The van der Waals surface area contributed by atoms with Gasteiger partial charge in [0.25, 0.3) is 11.7 Å². The van der Waals surface area contributed by atoms with E-state index in [4.69, 9.17) is 0 Å². The van der Waals surface area contributed by atoms with Crippen LogP contribution in [0.15, 0.2) is 73.3 Å². The fraction of sp³-hybridized carbons (Fsp3) is 0.0476. The highest BCUT2D eigenvalue weighted by atomic mass is 35.5. The molecule has 4 aromatic rings. The maximum absolute atomic E-state index is 13.1. The van der Waals surface area contributed by atoms with Crippen LogP contribution >= 0.6 is 12.4 Å². The third kappa shape index (κ3) is 4.30. The Kier molecular flexibility index (Phi) is 5.99. The van der Waals surface area contributed by atoms with Crippen LogP contribution in [-0.4, -0.2) is 26.2 Å². The van der Waals surface area contributed by atoms with Gasteiger partial charge < -0.3 is 9.88 Å². The molecular formula is C21H16ClFN4O2. The SMILES string of the molecule is Cl.O=C(Nc1ccncc1)C(=O)c1cn(Cc2ccc(F)cc2)c2ncccc12. The molecule has 1 aromatic carbocycles. The summed E-state index contributed by atoms with van der Waals surface area (Å²) >= 11 is 0. The van der Waals surface area contributed by atoms with Gasteiger partial charge in [-0.25, -0.2) is 9.37 Å². The molecular weight excluding hydrogens is 395 g/mol. The zero-order valence-electron chi connectivity index (χ0n) is 15.1. The number of rotatable bonds is 5. The van der Waals surface area contributed by atoms with Crippen molar-refractivity contribution in [3.05, 3.63) is 90.3 Å². The number of nitrogens with zero attached hydrogens (tertiary/aromatic N) is 3. The van der Waals surface area contributed by atoms with Gasteiger partial charge in [0.1, 0.15) is 11.5 Å². The van der Waals surface area contributed by atoms with Crippen molar-refractivity contribution in [1.29, 1.82) is 0 Å². The predicted octanol–water partition coefficient (Wildman–Crippen LogP) is 3.86. The van der Waals surface area contributed by atoms with Crippen LogP contribution in [0, 0.1) is 5.82 Å². The highest BCUT2D eigenvalue weighted by Gasteiger charge is 2.22. The summed E-state index contributed by atoms with van der Waals surface area (Å²) < 4.78 is 14.9. The fourth-order valence-electron chi connectivity index (χ4n) is 2.96. The largest absolute Gasteiger partial charge is 0.327 e. The molecule has 0 spiro atoms. The number of carbonyl (C=O) groups excluding carboxylic acids is 2. The van der Waals surface area contributed by atoms with Crippen LogP contribution in [0.2, 0.25) is 0 Å². The summed E-state index contributed by atoms with van der Waals surface area (Å²) in [5.41, 5.74) is 2.18. The maximum atomic E-state index is 13.1. The number of halogens is 2. The van der Waals surface area contributed by atoms with E-state index in [1.54, 1.807) is 53.4 Å². The van der Waals surface area contributed by atoms with Crippen molar-refractivity contribution in [2.24, 2.45) is 0 Å². The second-order valence-corrected chi connectivity index (χ2v) is 6.19. The van der Waals surface area contributed by atoms with Gasteiger partial charge in [-0.2, -0.15) is 0 Å². The van der Waals surface area contributed by atoms with Gasteiger partial charge in [-0.15, -0.1) is 12.4 Å². The molecule has 0 unspecified atom stereocenters. The van der Waals surface area contributed by atoms with Gasteiger partial charge in [0.15, 0.2) is 0 Å². The number of Topliss-reactive ketones (excluding diaryl/α,β-unsaturated/α-hetero) is 1. The van der Waals surface area contributed by atoms with E-state index >= 15 is 0 Å². The van der Waals surface area contributed by atoms with E-state index in [9.17, 15) is 14.0 Å². The minimum absolute atomic E-state index is 0. The summed E-state index contributed by atoms with van der Waals surface area (Å²) in [5.74, 6) is -1.72. The molecule has 0 fully saturated rings. The van der Waals surface area contributed by atoms with Gasteiger partial charge >= 0.3 is 0 Å². The third-order valence-corrected chi connectivity index (χ3v) is 4.29. The van der Waals surface area contributed by atoms with Gasteiger partial charge in [0.2, 0.25) is 0 Å². The number of pyridine rings is 2. The minimum atomic E-state index is -0.740. The normalized spacial score (nSPS) is 10.4. The lowest BCUT2D eigenvalue weighted by molar-refractivity contribution is -0.112. The molecule has 0 saturated carbocycles. The summed E-state index contributed by atoms with van der Waals surface area (Å²) in [4.78, 5) is 33.4. The molecule has 3 aromatic heterocycles. The number of hydrogen-bond acceptors (Lipinski definition) is 4. The van der Waals surface area contributed by atoms with Crippen molar-refractivity contribution >= 4 is 40.8 Å². The van der Waals surface area contributed by atoms with E-state index in [-0.39, 0.29) is 23.8 Å². The standard InChI is InChI=1S/C21H15FN4O2.ClH/c22-15-5-3-14(4-6-15)12-26-13-18(17-2-1-9-24-20(17)26)19(27)21(28)25-16-7-10-23-11-8-16;/h1-11,13H,12H2,(H,23,25,28);1H. The molecule has 1 N–H and O–H groups in total. The number of benzene rings is 1. The fourth-order valence-corrected chi connectivity index (χ4v) is 2.96. The molecule has 0 aliphatic rings. The lowest BCUT2D eigenvalue weighted by atomic mass is 10.1. The van der Waals surface area contributed by atoms with Crippen molar-refractivity contribution < 1.29 is 14.0 Å². The quantitative estimate of drug-likeness (QED) is 0.400. The average molecular weight is 411 g/mol. The highest BCUT2D eigenvalue weighted by molar-refractivity contribution is 6.48. The average Bonchev–Trinajstić information content (AvgIpc) is 3.08. The lowest BCUT2D eigenvalue weighted by Crippen LogP contribution is -2.22. The van der Waals surface area contributed by atoms with Crippen LogP contribution in [0.4, 0.5) is 10.1 Å². The molecule has 4 rings (SSSR count). The van der Waals surface area contributed by atoms with E-state index in [0.717, 1.165) is 5.56 Å². The van der Waals surface area contributed by atoms with Gasteiger partial charge in [-0.1, -0.05) is 12.1 Å². The van der Waals surface area contributed by atoms with Crippen LogP contribution in [0.1, 0.15) is 15.9 Å². The molecule has 3 heterocycles. The maximum Gasteiger partial charge on any atom is 0.296 e. The molecule has 0 aliphatic carbocycles. The summed E-state index contributed by atoms with van der Waals surface area (Å²) in [5, 5.41) is 3.15. The van der Waals surface area contributed by atoms with Crippen LogP contribution in [-0.2, 0) is 11.3 Å². The topological polar surface area (TPSA) is 76.9 Å². The van der Waals surface area contributed by atoms with Crippen molar-refractivity contribution in [2.75, 3.05) is 5.32 Å². The Morgan fingerprint density at radius 2 is 1.72 bits per heavy atom. The molecule has 6 nitrogen and oxygen atoms in total. The number of anilines is 1. The van der Waals surface area contributed by atoms with Crippen molar-refractivity contribution in [3.63, 3.8) is 0 Å². The van der Waals surface area contributed by atoms with Gasteiger partial charge in [-0.05, 0) is 42.0 Å². The number of ketones is 1. The number of hydrogen-bond donors (Lipinski definition) is 1. The lowest BCUT2D eigenvalue weighted by Gasteiger charge is -2.04. The van der Waals surface area contributed by atoms with E-state index in [1.807, 2.05) is 0 Å². The van der Waals surface area contributed by atoms with Gasteiger partial charge in [0.05, 0.1) is 5.56 Å². The number of fused-ring (bicyclic) bond motifs is 1. The summed E-state index contributed by atoms with van der Waals surface area (Å²) in [7, 11) is 0. The molecule has 146 valence electrons. The van der Waals surface area contributed by atoms with Gasteiger partial charge in [-0.3, -0.25) is 14.6 Å². The van der Waals surface area contributed by atoms with Crippen LogP contribution < -0.4 is 5.32 Å². The second-order valence-electron chi connectivity index (χ2n) is 6.19. The van der Waals surface area contributed by atoms with E-state index in [1.165, 1.54) is 24.5 Å². The van der Waals surface area contributed by atoms with Crippen molar-refractivity contribution in [1.82, 2.24) is 14.5 Å². The smallest absolute Gasteiger partial charge is 0.296 e. The summed E-state index contributed by atoms with van der Waals surface area (Å²) in [6, 6.07) is 12.8. The molecule has 0 saturated heterocycles. The first-order valence-corrected chi connectivity index (χ1v) is 8.56. The number of nitrogens with one attached hydrogen (secondary N) is 1. The molecule has 1 amide bonds. The van der Waals surface area contributed by atoms with E-state index < -0.39 is 11.7 Å². The van der Waals surface area contributed by atoms with Crippen LogP contribution in [0.5, 0.6) is 0 Å². The third-order valence-electron chi connectivity index (χ3n) is 4.29. The Balaban J connectivity index is 0.00000240. The Labute approximate surface area is 171 Å². The highest BCUT2D eigenvalue weighted by Crippen LogP contribution is 2.22. The zero-order chi connectivity index (χ0) is 19.5. The Bertz CT molecular complexity index is 1160. The number of carbonyl (C=O) groups is 2. The van der Waals surface area contributed by atoms with Crippen molar-refractivity contribution in [2.45, 2.75) is 6.54 Å². The van der Waals surface area contributed by atoms with E-state index in [2.05, 4.69) is 15.3 Å². The summed E-state index contributed by atoms with van der Waals surface area (Å²) in [6.07, 6.45) is 6.28. The molecule has 0 radical (unpaired) electrons. The van der Waals surface area contributed by atoms with Crippen molar-refractivity contribution in [3.8, 4) is 0 Å². The number of aromatic nitrogens is 3. The minimum Gasteiger partial charge on any atom is -0.327 e. The van der Waals surface area contributed by atoms with Gasteiger partial charge in [0, 0.05) is 42.4 Å². The zero-order valence-corrected chi connectivity index (χ0v) is 15.9. The predicted molar refractivity (Wildman–Crippen MR) is 110 cm³/mol.